The molecule has 3 aliphatic heterocycles. The van der Waals surface area contributed by atoms with Gasteiger partial charge in [0.15, 0.2) is 13.9 Å². The predicted molar refractivity (Wildman–Crippen MR) is 185 cm³/mol. The van der Waals surface area contributed by atoms with E-state index >= 15 is 0 Å². The highest BCUT2D eigenvalue weighted by atomic mass is 28.4. The van der Waals surface area contributed by atoms with Gasteiger partial charge in [0.05, 0.1) is 24.5 Å². The molecule has 0 aliphatic carbocycles. The van der Waals surface area contributed by atoms with Crippen LogP contribution in [0.15, 0.2) is 85.1 Å². The van der Waals surface area contributed by atoms with E-state index in [0.717, 1.165) is 40.9 Å². The third-order valence-electron chi connectivity index (χ3n) is 10.4. The number of hydrogen-bond donors (Lipinski definition) is 2. The van der Waals surface area contributed by atoms with Crippen molar-refractivity contribution >= 4 is 31.5 Å². The highest BCUT2D eigenvalue weighted by molar-refractivity contribution is 6.71. The van der Waals surface area contributed by atoms with Gasteiger partial charge >= 0.3 is 0 Å². The van der Waals surface area contributed by atoms with Crippen molar-refractivity contribution in [3.05, 3.63) is 107 Å². The number of aryl methyl sites for hydroxylation is 1. The summed E-state index contributed by atoms with van der Waals surface area (Å²) in [5, 5.41) is 19.4. The molecule has 250 valence electrons. The Morgan fingerprint density at radius 3 is 2.46 bits per heavy atom. The third kappa shape index (κ3) is 5.68. The molecule has 5 atom stereocenters. The number of rotatable bonds is 9. The van der Waals surface area contributed by atoms with E-state index in [1.54, 1.807) is 10.9 Å². The third-order valence-corrected chi connectivity index (χ3v) is 12.9. The summed E-state index contributed by atoms with van der Waals surface area (Å²) in [5.74, 6) is -0.388. The van der Waals surface area contributed by atoms with Crippen LogP contribution in [0, 0.1) is 5.92 Å². The van der Waals surface area contributed by atoms with Gasteiger partial charge in [0.1, 0.15) is 11.8 Å². The Hall–Kier alpha value is -4.16. The highest BCUT2D eigenvalue weighted by Gasteiger charge is 2.66. The zero-order valence-corrected chi connectivity index (χ0v) is 28.7. The number of amides is 2. The lowest BCUT2D eigenvalue weighted by atomic mass is 9.82. The van der Waals surface area contributed by atoms with Crippen LogP contribution in [0.2, 0.25) is 18.6 Å². The number of fused-ring (bicyclic) bond motifs is 2. The molecule has 4 aromatic rings. The molecule has 2 N–H and O–H groups in total. The first-order valence-corrected chi connectivity index (χ1v) is 19.9. The molecule has 2 amide bonds. The number of aliphatic hydroxyl groups excluding tert-OH is 1. The molecular formula is C37H43N5O5Si. The van der Waals surface area contributed by atoms with Crippen LogP contribution >= 0.6 is 0 Å². The van der Waals surface area contributed by atoms with Gasteiger partial charge in [-0.3, -0.25) is 14.3 Å². The van der Waals surface area contributed by atoms with Crippen molar-refractivity contribution in [1.29, 1.82) is 0 Å². The Kier molecular flexibility index (Phi) is 8.57. The molecule has 48 heavy (non-hydrogen) atoms. The molecule has 1 aromatic heterocycles. The fourth-order valence-corrected chi connectivity index (χ4v) is 10.7. The topological polar surface area (TPSA) is 121 Å². The minimum absolute atomic E-state index is 0.0883. The van der Waals surface area contributed by atoms with E-state index < -0.39 is 26.1 Å². The fraction of sp³-hybridized carbons (Fsp3) is 0.405. The van der Waals surface area contributed by atoms with Crippen LogP contribution < -0.4 is 9.80 Å². The predicted octanol–water partition coefficient (Wildman–Crippen LogP) is 5.31. The minimum Gasteiger partial charge on any atom is -0.432 e. The van der Waals surface area contributed by atoms with E-state index in [2.05, 4.69) is 10.3 Å². The van der Waals surface area contributed by atoms with Crippen LogP contribution in [0.4, 0.5) is 11.4 Å². The van der Waals surface area contributed by atoms with Gasteiger partial charge < -0.3 is 24.4 Å². The average molecular weight is 666 g/mol. The van der Waals surface area contributed by atoms with E-state index in [-0.39, 0.29) is 23.3 Å². The van der Waals surface area contributed by atoms with Gasteiger partial charge in [0, 0.05) is 42.2 Å². The lowest BCUT2D eigenvalue weighted by Crippen LogP contribution is -2.46. The molecule has 1 spiro atoms. The molecule has 4 heterocycles. The number of benzene rings is 3. The van der Waals surface area contributed by atoms with Crippen molar-refractivity contribution in [3.63, 3.8) is 0 Å². The first-order valence-electron chi connectivity index (χ1n) is 16.9. The van der Waals surface area contributed by atoms with Crippen molar-refractivity contribution in [2.75, 3.05) is 16.3 Å². The number of aliphatic hydroxyl groups is 1. The molecule has 2 saturated heterocycles. The summed E-state index contributed by atoms with van der Waals surface area (Å²) >= 11 is 0. The van der Waals surface area contributed by atoms with Gasteiger partial charge in [0.25, 0.3) is 5.91 Å². The Labute approximate surface area is 282 Å². The monoisotopic (exact) mass is 665 g/mol. The van der Waals surface area contributed by atoms with Crippen molar-refractivity contribution in [2.45, 2.75) is 82.1 Å². The largest absolute Gasteiger partial charge is 0.432 e. The number of carbonyl (C=O) groups excluding carboxylic acids is 2. The van der Waals surface area contributed by atoms with Gasteiger partial charge in [0.2, 0.25) is 5.91 Å². The molecule has 11 heteroatoms. The van der Waals surface area contributed by atoms with Crippen LogP contribution in [0.25, 0.3) is 0 Å². The van der Waals surface area contributed by atoms with Crippen LogP contribution in [0.5, 0.6) is 0 Å². The number of aromatic nitrogens is 3. The SMILES string of the molecule is C[C@@H]1[C@@H]([Si](C)(C)O)[C@H](CCn2cc([C@H](O)c3ccccc3)nn2)O[C@@]12C(=O)N(Cc1ccccc1)c1ccc(N3CCCCC3=O)cc12. The molecular weight excluding hydrogens is 623 g/mol. The van der Waals surface area contributed by atoms with Gasteiger partial charge in [-0.2, -0.15) is 0 Å². The maximum absolute atomic E-state index is 14.9. The molecule has 0 unspecified atom stereocenters. The molecule has 0 bridgehead atoms. The summed E-state index contributed by atoms with van der Waals surface area (Å²) in [6, 6.07) is 25.1. The van der Waals surface area contributed by atoms with Crippen LogP contribution in [0.3, 0.4) is 0 Å². The standard InChI is InChI=1S/C37H43N5O5Si/c1-25-35(48(2,3)46)32(19-21-40-24-30(38-39-40)34(44)27-14-8-5-9-15-27)47-37(25)29-22-28(41-20-11-10-16-33(41)43)17-18-31(29)42(36(37)45)23-26-12-6-4-7-13-26/h4-9,12-15,17-18,22,24-25,32,34-35,44,46H,10-11,16,19-21,23H2,1-3H3/t25-,32+,34-,35-,37+/m1/s1. The maximum atomic E-state index is 14.9. The number of carbonyl (C=O) groups is 2. The summed E-state index contributed by atoms with van der Waals surface area (Å²) in [6.07, 6.45) is 3.21. The maximum Gasteiger partial charge on any atom is 0.264 e. The second-order valence-electron chi connectivity index (χ2n) is 13.9. The van der Waals surface area contributed by atoms with Crippen LogP contribution in [-0.4, -0.2) is 57.7 Å². The summed E-state index contributed by atoms with van der Waals surface area (Å²) in [7, 11) is -2.89. The second kappa shape index (κ2) is 12.7. The molecule has 3 aliphatic rings. The molecule has 0 saturated carbocycles. The van der Waals surface area contributed by atoms with E-state index in [4.69, 9.17) is 4.74 Å². The molecule has 2 fully saturated rings. The van der Waals surface area contributed by atoms with Crippen molar-refractivity contribution in [1.82, 2.24) is 15.0 Å². The fourth-order valence-electron chi connectivity index (χ4n) is 8.12. The van der Waals surface area contributed by atoms with Crippen molar-refractivity contribution in [2.24, 2.45) is 5.92 Å². The highest BCUT2D eigenvalue weighted by Crippen LogP contribution is 2.60. The molecule has 10 nitrogen and oxygen atoms in total. The summed E-state index contributed by atoms with van der Waals surface area (Å²) in [5.41, 5.74) is 2.90. The normalized spacial score (nSPS) is 24.8. The second-order valence-corrected chi connectivity index (χ2v) is 17.9. The van der Waals surface area contributed by atoms with Crippen molar-refractivity contribution in [3.8, 4) is 0 Å². The summed E-state index contributed by atoms with van der Waals surface area (Å²) in [6.45, 7) is 7.32. The quantitative estimate of drug-likeness (QED) is 0.233. The van der Waals surface area contributed by atoms with E-state index in [1.165, 1.54) is 0 Å². The van der Waals surface area contributed by atoms with E-state index in [1.807, 2.05) is 109 Å². The Morgan fingerprint density at radius 2 is 1.75 bits per heavy atom. The zero-order valence-electron chi connectivity index (χ0n) is 27.7. The van der Waals surface area contributed by atoms with Gasteiger partial charge in [-0.1, -0.05) is 72.8 Å². The van der Waals surface area contributed by atoms with Crippen LogP contribution in [-0.2, 0) is 33.0 Å². The lowest BCUT2D eigenvalue weighted by Gasteiger charge is -2.33. The Balaban J connectivity index is 1.23. The van der Waals surface area contributed by atoms with Crippen molar-refractivity contribution < 1.29 is 24.2 Å². The molecule has 7 rings (SSSR count). The number of ether oxygens (including phenoxy) is 1. The van der Waals surface area contributed by atoms with Gasteiger partial charge in [-0.15, -0.1) is 5.10 Å². The number of nitrogens with zero attached hydrogens (tertiary/aromatic N) is 5. The van der Waals surface area contributed by atoms with E-state index in [9.17, 15) is 19.5 Å². The zero-order chi connectivity index (χ0) is 33.6. The van der Waals surface area contributed by atoms with Crippen LogP contribution in [0.1, 0.15) is 61.1 Å². The number of anilines is 2. The first-order chi connectivity index (χ1) is 23.1. The van der Waals surface area contributed by atoms with Gasteiger partial charge in [-0.25, -0.2) is 0 Å². The molecule has 3 aromatic carbocycles. The smallest absolute Gasteiger partial charge is 0.264 e. The number of piperidine rings is 1. The summed E-state index contributed by atoms with van der Waals surface area (Å²) in [4.78, 5) is 43.2. The lowest BCUT2D eigenvalue weighted by molar-refractivity contribution is -0.146. The molecule has 0 radical (unpaired) electrons. The average Bonchev–Trinajstić information content (AvgIpc) is 3.75. The first kappa shape index (κ1) is 32.4. The van der Waals surface area contributed by atoms with Gasteiger partial charge in [-0.05, 0) is 61.7 Å². The number of hydrogen-bond acceptors (Lipinski definition) is 7. The van der Waals surface area contributed by atoms with E-state index in [0.29, 0.717) is 38.2 Å². The Bertz CT molecular complexity index is 1790. The Morgan fingerprint density at radius 1 is 1.02 bits per heavy atom. The minimum atomic E-state index is -2.89. The summed E-state index contributed by atoms with van der Waals surface area (Å²) < 4.78 is 8.74.